The summed E-state index contributed by atoms with van der Waals surface area (Å²) in [5.74, 6) is -0.0909. The number of likely N-dealkylation sites (tertiary alicyclic amines) is 1. The van der Waals surface area contributed by atoms with E-state index in [1.165, 1.54) is 0 Å². The minimum absolute atomic E-state index is 0.101. The number of nitrogens with zero attached hydrogens (tertiary/aromatic N) is 2. The van der Waals surface area contributed by atoms with Crippen molar-refractivity contribution < 1.29 is 28.9 Å². The molecule has 0 bridgehead atoms. The SMILES string of the molecule is CCOc1ccc([C@@H]2C(=C(O)c3ccc(OC)cc3C)C(=O)C(=O)N2CCCN2CCOCC2)cc1. The normalized spacial score (nSPS) is 20.1. The highest BCUT2D eigenvalue weighted by Gasteiger charge is 2.46. The molecule has 2 aliphatic heterocycles. The number of amides is 1. The van der Waals surface area contributed by atoms with Crippen LogP contribution >= 0.6 is 0 Å². The van der Waals surface area contributed by atoms with Crippen LogP contribution in [0.5, 0.6) is 11.5 Å². The zero-order valence-corrected chi connectivity index (χ0v) is 21.2. The summed E-state index contributed by atoms with van der Waals surface area (Å²) >= 11 is 0. The number of aryl methyl sites for hydroxylation is 1. The summed E-state index contributed by atoms with van der Waals surface area (Å²) in [6.45, 7) is 8.62. The Balaban J connectivity index is 1.69. The van der Waals surface area contributed by atoms with Crippen molar-refractivity contribution in [3.05, 3.63) is 64.7 Å². The van der Waals surface area contributed by atoms with Crippen LogP contribution in [0.1, 0.15) is 36.1 Å². The number of carbonyl (C=O) groups excluding carboxylic acids is 2. The first-order valence-electron chi connectivity index (χ1n) is 12.4. The molecule has 4 rings (SSSR count). The molecule has 0 radical (unpaired) electrons. The van der Waals surface area contributed by atoms with Crippen LogP contribution in [0, 0.1) is 6.92 Å². The maximum Gasteiger partial charge on any atom is 0.295 e. The summed E-state index contributed by atoms with van der Waals surface area (Å²) in [6, 6.07) is 11.9. The molecule has 2 fully saturated rings. The van der Waals surface area contributed by atoms with E-state index in [-0.39, 0.29) is 11.3 Å². The maximum atomic E-state index is 13.3. The molecular weight excluding hydrogens is 460 g/mol. The zero-order chi connectivity index (χ0) is 25.7. The van der Waals surface area contributed by atoms with Gasteiger partial charge in [-0.15, -0.1) is 0 Å². The standard InChI is InChI=1S/C28H34N2O6/c1-4-36-21-8-6-20(7-9-21)25-24(26(31)23-11-10-22(34-3)18-19(23)2)27(32)28(33)30(25)13-5-12-29-14-16-35-17-15-29/h6-11,18,25,31H,4-5,12-17H2,1-3H3/t25-/m1/s1. The molecule has 1 N–H and O–H groups in total. The number of aliphatic hydroxyl groups is 1. The summed E-state index contributed by atoms with van der Waals surface area (Å²) in [4.78, 5) is 30.4. The van der Waals surface area contributed by atoms with E-state index in [1.807, 2.05) is 38.1 Å². The Kier molecular flexibility index (Phi) is 8.28. The van der Waals surface area contributed by atoms with Gasteiger partial charge in [-0.1, -0.05) is 12.1 Å². The van der Waals surface area contributed by atoms with Crippen LogP contribution in [0.15, 0.2) is 48.0 Å². The van der Waals surface area contributed by atoms with E-state index in [1.54, 1.807) is 30.2 Å². The smallest absolute Gasteiger partial charge is 0.295 e. The van der Waals surface area contributed by atoms with Crippen LogP contribution < -0.4 is 9.47 Å². The predicted octanol–water partition coefficient (Wildman–Crippen LogP) is 3.55. The molecule has 0 aromatic heterocycles. The van der Waals surface area contributed by atoms with Gasteiger partial charge in [0.25, 0.3) is 11.7 Å². The molecule has 2 aromatic rings. The van der Waals surface area contributed by atoms with Crippen molar-refractivity contribution in [2.45, 2.75) is 26.3 Å². The average Bonchev–Trinajstić information content (AvgIpc) is 3.14. The van der Waals surface area contributed by atoms with Crippen LogP contribution in [0.3, 0.4) is 0 Å². The fourth-order valence-electron chi connectivity index (χ4n) is 4.83. The largest absolute Gasteiger partial charge is 0.507 e. The van der Waals surface area contributed by atoms with Gasteiger partial charge in [0.15, 0.2) is 0 Å². The Morgan fingerprint density at radius 3 is 2.39 bits per heavy atom. The molecule has 2 aromatic carbocycles. The molecule has 192 valence electrons. The molecule has 0 saturated carbocycles. The van der Waals surface area contributed by atoms with E-state index in [2.05, 4.69) is 4.90 Å². The first kappa shape index (κ1) is 25.7. The summed E-state index contributed by atoms with van der Waals surface area (Å²) in [7, 11) is 1.57. The third kappa shape index (κ3) is 5.39. The summed E-state index contributed by atoms with van der Waals surface area (Å²) in [5.41, 5.74) is 2.09. The van der Waals surface area contributed by atoms with Crippen molar-refractivity contribution >= 4 is 17.4 Å². The molecular formula is C28H34N2O6. The number of hydrogen-bond donors (Lipinski definition) is 1. The number of morpholine rings is 1. The number of benzene rings is 2. The van der Waals surface area contributed by atoms with Crippen molar-refractivity contribution in [1.82, 2.24) is 9.80 Å². The molecule has 8 heteroatoms. The van der Waals surface area contributed by atoms with Gasteiger partial charge < -0.3 is 24.2 Å². The second kappa shape index (κ2) is 11.6. The second-order valence-corrected chi connectivity index (χ2v) is 8.98. The van der Waals surface area contributed by atoms with Crippen molar-refractivity contribution in [2.24, 2.45) is 0 Å². The molecule has 0 spiro atoms. The van der Waals surface area contributed by atoms with E-state index < -0.39 is 17.7 Å². The third-order valence-electron chi connectivity index (χ3n) is 6.71. The van der Waals surface area contributed by atoms with Gasteiger partial charge in [-0.3, -0.25) is 14.5 Å². The van der Waals surface area contributed by atoms with Crippen LogP contribution in [-0.2, 0) is 14.3 Å². The first-order valence-corrected chi connectivity index (χ1v) is 12.4. The van der Waals surface area contributed by atoms with Crippen LogP contribution in [0.2, 0.25) is 0 Å². The summed E-state index contributed by atoms with van der Waals surface area (Å²) in [5, 5.41) is 11.4. The first-order chi connectivity index (χ1) is 17.4. The molecule has 0 unspecified atom stereocenters. The average molecular weight is 495 g/mol. The van der Waals surface area contributed by atoms with Crippen LogP contribution in [-0.4, -0.2) is 79.7 Å². The summed E-state index contributed by atoms with van der Waals surface area (Å²) in [6.07, 6.45) is 0.710. The van der Waals surface area contributed by atoms with Gasteiger partial charge in [-0.25, -0.2) is 0 Å². The number of carbonyl (C=O) groups is 2. The molecule has 8 nitrogen and oxygen atoms in total. The van der Waals surface area contributed by atoms with E-state index >= 15 is 0 Å². The van der Waals surface area contributed by atoms with Gasteiger partial charge in [0, 0.05) is 31.7 Å². The van der Waals surface area contributed by atoms with Crippen molar-refractivity contribution in [2.75, 3.05) is 53.1 Å². The number of rotatable bonds is 9. The Bertz CT molecular complexity index is 1120. The van der Waals surface area contributed by atoms with Crippen molar-refractivity contribution in [1.29, 1.82) is 0 Å². The topological polar surface area (TPSA) is 88.5 Å². The van der Waals surface area contributed by atoms with E-state index in [9.17, 15) is 14.7 Å². The van der Waals surface area contributed by atoms with Crippen LogP contribution in [0.25, 0.3) is 5.76 Å². The Morgan fingerprint density at radius 2 is 1.75 bits per heavy atom. The van der Waals surface area contributed by atoms with Gasteiger partial charge in [0.2, 0.25) is 0 Å². The van der Waals surface area contributed by atoms with Crippen molar-refractivity contribution in [3.63, 3.8) is 0 Å². The minimum Gasteiger partial charge on any atom is -0.507 e. The summed E-state index contributed by atoms with van der Waals surface area (Å²) < 4.78 is 16.3. The molecule has 2 heterocycles. The molecule has 2 aliphatic rings. The number of ketones is 1. The lowest BCUT2D eigenvalue weighted by Gasteiger charge is -2.29. The van der Waals surface area contributed by atoms with E-state index in [0.717, 1.165) is 30.8 Å². The lowest BCUT2D eigenvalue weighted by molar-refractivity contribution is -0.140. The monoisotopic (exact) mass is 494 g/mol. The molecule has 0 aliphatic carbocycles. The quantitative estimate of drug-likeness (QED) is 0.324. The highest BCUT2D eigenvalue weighted by Crippen LogP contribution is 2.40. The number of aliphatic hydroxyl groups excluding tert-OH is 1. The maximum absolute atomic E-state index is 13.3. The zero-order valence-electron chi connectivity index (χ0n) is 21.2. The van der Waals surface area contributed by atoms with E-state index in [4.69, 9.17) is 14.2 Å². The Hall–Kier alpha value is -3.36. The van der Waals surface area contributed by atoms with Crippen LogP contribution in [0.4, 0.5) is 0 Å². The van der Waals surface area contributed by atoms with Gasteiger partial charge in [0.1, 0.15) is 17.3 Å². The highest BCUT2D eigenvalue weighted by atomic mass is 16.5. The van der Waals surface area contributed by atoms with Gasteiger partial charge >= 0.3 is 0 Å². The molecule has 1 atom stereocenters. The highest BCUT2D eigenvalue weighted by molar-refractivity contribution is 6.46. The van der Waals surface area contributed by atoms with Crippen molar-refractivity contribution in [3.8, 4) is 11.5 Å². The lowest BCUT2D eigenvalue weighted by Crippen LogP contribution is -2.38. The third-order valence-corrected chi connectivity index (χ3v) is 6.71. The molecule has 36 heavy (non-hydrogen) atoms. The number of methoxy groups -OCH3 is 1. The minimum atomic E-state index is -0.688. The molecule has 2 saturated heterocycles. The Labute approximate surface area is 212 Å². The second-order valence-electron chi connectivity index (χ2n) is 8.98. The Morgan fingerprint density at radius 1 is 1.06 bits per heavy atom. The predicted molar refractivity (Wildman–Crippen MR) is 136 cm³/mol. The lowest BCUT2D eigenvalue weighted by atomic mass is 9.93. The number of hydrogen-bond acceptors (Lipinski definition) is 7. The fourth-order valence-corrected chi connectivity index (χ4v) is 4.83. The van der Waals surface area contributed by atoms with Gasteiger partial charge in [0.05, 0.1) is 38.5 Å². The van der Waals surface area contributed by atoms with E-state index in [0.29, 0.717) is 49.8 Å². The fraction of sp³-hybridized carbons (Fsp3) is 0.429. The van der Waals surface area contributed by atoms with Gasteiger partial charge in [-0.2, -0.15) is 0 Å². The van der Waals surface area contributed by atoms with Gasteiger partial charge in [-0.05, 0) is 61.7 Å². The number of Topliss-reactive ketones (excluding diaryl/α,β-unsaturated/α-hetero) is 1. The number of ether oxygens (including phenoxy) is 3. The molecule has 1 amide bonds.